The van der Waals surface area contributed by atoms with Crippen LogP contribution in [0.5, 0.6) is 17.2 Å². The highest BCUT2D eigenvalue weighted by atomic mass is 19.1. The second-order valence-electron chi connectivity index (χ2n) is 10.7. The molecule has 9 nitrogen and oxygen atoms in total. The summed E-state index contributed by atoms with van der Waals surface area (Å²) in [5.74, 6) is -2.64. The van der Waals surface area contributed by atoms with Gasteiger partial charge in [0.2, 0.25) is 11.8 Å². The highest BCUT2D eigenvalue weighted by Gasteiger charge is 2.56. The lowest BCUT2D eigenvalue weighted by atomic mass is 10.0. The summed E-state index contributed by atoms with van der Waals surface area (Å²) in [6.07, 6.45) is 2.11. The number of hydrogen-bond donors (Lipinski definition) is 2. The first-order valence-electron chi connectivity index (χ1n) is 14.3. The van der Waals surface area contributed by atoms with Crippen LogP contribution < -0.4 is 20.1 Å². The van der Waals surface area contributed by atoms with Crippen LogP contribution in [0.2, 0.25) is 0 Å². The van der Waals surface area contributed by atoms with Crippen molar-refractivity contribution in [2.45, 2.75) is 19.4 Å². The summed E-state index contributed by atoms with van der Waals surface area (Å²) >= 11 is 0. The zero-order chi connectivity index (χ0) is 32.3. The van der Waals surface area contributed by atoms with Crippen molar-refractivity contribution in [3.63, 3.8) is 0 Å². The highest BCUT2D eigenvalue weighted by Crippen LogP contribution is 2.47. The third-order valence-electron chi connectivity index (χ3n) is 7.58. The van der Waals surface area contributed by atoms with Crippen molar-refractivity contribution >= 4 is 40.1 Å². The number of fused-ring (bicyclic) bond motifs is 1. The Morgan fingerprint density at radius 1 is 0.804 bits per heavy atom. The maximum absolute atomic E-state index is 15.3. The molecule has 0 spiro atoms. The number of nitrogens with zero attached hydrogens (tertiary/aromatic N) is 1. The Morgan fingerprint density at radius 3 is 2.17 bits per heavy atom. The molecule has 2 N–H and O–H groups in total. The summed E-state index contributed by atoms with van der Waals surface area (Å²) in [7, 11) is 1.26. The van der Waals surface area contributed by atoms with Gasteiger partial charge in [0.15, 0.2) is 11.6 Å². The molecule has 0 aliphatic heterocycles. The Labute approximate surface area is 262 Å². The van der Waals surface area contributed by atoms with Crippen molar-refractivity contribution < 1.29 is 37.4 Å². The number of benzene rings is 4. The second kappa shape index (κ2) is 12.6. The van der Waals surface area contributed by atoms with Gasteiger partial charge >= 0.3 is 5.97 Å². The Balaban J connectivity index is 1.19. The summed E-state index contributed by atoms with van der Waals surface area (Å²) in [6, 6.07) is 23.1. The van der Waals surface area contributed by atoms with E-state index in [1.807, 2.05) is 30.3 Å². The fourth-order valence-corrected chi connectivity index (χ4v) is 4.86. The number of ether oxygens (including phenoxy) is 3. The SMILES string of the molecule is COC(=O)c1cc2c(Oc3ccc(NC(=O)C4(C(=O)Nc5ccc(F)cc5)CC4)cc3F)ccnc2cc1OCc1ccccc1. The van der Waals surface area contributed by atoms with E-state index in [-0.39, 0.29) is 35.1 Å². The van der Waals surface area contributed by atoms with Gasteiger partial charge in [0.25, 0.3) is 0 Å². The first kappa shape index (κ1) is 30.2. The van der Waals surface area contributed by atoms with Gasteiger partial charge in [-0.25, -0.2) is 13.6 Å². The van der Waals surface area contributed by atoms with Crippen LogP contribution in [0.1, 0.15) is 28.8 Å². The van der Waals surface area contributed by atoms with Crippen LogP contribution in [0, 0.1) is 17.0 Å². The fourth-order valence-electron chi connectivity index (χ4n) is 4.86. The van der Waals surface area contributed by atoms with E-state index >= 15 is 4.39 Å². The Kier molecular flexibility index (Phi) is 8.30. The van der Waals surface area contributed by atoms with Crippen molar-refractivity contribution in [3.8, 4) is 17.2 Å². The van der Waals surface area contributed by atoms with Crippen molar-refractivity contribution in [3.05, 3.63) is 120 Å². The number of esters is 1. The van der Waals surface area contributed by atoms with Gasteiger partial charge in [-0.3, -0.25) is 14.6 Å². The molecule has 0 bridgehead atoms. The van der Waals surface area contributed by atoms with Crippen LogP contribution >= 0.6 is 0 Å². The summed E-state index contributed by atoms with van der Waals surface area (Å²) in [6.45, 7) is 0.209. The number of rotatable bonds is 10. The quantitative estimate of drug-likeness (QED) is 0.127. The molecule has 1 aromatic heterocycles. The fraction of sp³-hybridized carbons (Fsp3) is 0.143. The molecule has 1 heterocycles. The first-order chi connectivity index (χ1) is 22.3. The number of methoxy groups -OCH3 is 1. The monoisotopic (exact) mass is 623 g/mol. The molecule has 0 atom stereocenters. The summed E-state index contributed by atoms with van der Waals surface area (Å²) in [4.78, 5) is 42.9. The zero-order valence-corrected chi connectivity index (χ0v) is 24.5. The van der Waals surface area contributed by atoms with Crippen LogP contribution in [-0.4, -0.2) is 29.9 Å². The topological polar surface area (TPSA) is 116 Å². The van der Waals surface area contributed by atoms with Gasteiger partial charge in [-0.2, -0.15) is 0 Å². The standard InChI is InChI=1S/C35H27F2N3O6/c1-44-32(41)26-18-25-28(19-31(26)45-20-21-5-3-2-4-6-21)38-16-13-29(25)46-30-12-11-24(17-27(30)37)40-34(43)35(14-15-35)33(42)39-23-9-7-22(36)8-10-23/h2-13,16-19H,14-15,20H2,1H3,(H,39,42)(H,40,43). The minimum Gasteiger partial charge on any atom is -0.488 e. The lowest BCUT2D eigenvalue weighted by molar-refractivity contribution is -0.131. The number of anilines is 2. The predicted octanol–water partition coefficient (Wildman–Crippen LogP) is 7.03. The molecule has 0 radical (unpaired) electrons. The molecule has 232 valence electrons. The van der Waals surface area contributed by atoms with E-state index in [9.17, 15) is 18.8 Å². The molecule has 5 aromatic rings. The first-order valence-corrected chi connectivity index (χ1v) is 14.3. The number of aromatic nitrogens is 1. The van der Waals surface area contributed by atoms with E-state index < -0.39 is 34.8 Å². The smallest absolute Gasteiger partial charge is 0.341 e. The molecule has 1 aliphatic rings. The maximum atomic E-state index is 15.3. The number of hydrogen-bond acceptors (Lipinski definition) is 7. The van der Waals surface area contributed by atoms with E-state index in [4.69, 9.17) is 14.2 Å². The number of pyridine rings is 1. The average Bonchev–Trinajstić information content (AvgIpc) is 3.88. The van der Waals surface area contributed by atoms with Crippen LogP contribution in [0.4, 0.5) is 20.2 Å². The molecule has 11 heteroatoms. The Morgan fingerprint density at radius 2 is 1.50 bits per heavy atom. The lowest BCUT2D eigenvalue weighted by Gasteiger charge is -2.16. The van der Waals surface area contributed by atoms with Gasteiger partial charge < -0.3 is 24.8 Å². The molecule has 1 saturated carbocycles. The number of amides is 2. The third kappa shape index (κ3) is 6.34. The van der Waals surface area contributed by atoms with Crippen LogP contribution in [0.15, 0.2) is 97.2 Å². The number of carbonyl (C=O) groups excluding carboxylic acids is 3. The normalized spacial score (nSPS) is 13.0. The molecule has 1 fully saturated rings. The van der Waals surface area contributed by atoms with E-state index in [2.05, 4.69) is 15.6 Å². The van der Waals surface area contributed by atoms with Crippen LogP contribution in [-0.2, 0) is 20.9 Å². The van der Waals surface area contributed by atoms with E-state index in [0.717, 1.165) is 11.6 Å². The maximum Gasteiger partial charge on any atom is 0.341 e. The molecular weight excluding hydrogens is 596 g/mol. The summed E-state index contributed by atoms with van der Waals surface area (Å²) in [5, 5.41) is 5.65. The molecule has 0 saturated heterocycles. The molecule has 46 heavy (non-hydrogen) atoms. The molecule has 0 unspecified atom stereocenters. The predicted molar refractivity (Wildman–Crippen MR) is 166 cm³/mol. The Bertz CT molecular complexity index is 1950. The lowest BCUT2D eigenvalue weighted by Crippen LogP contribution is -2.35. The van der Waals surface area contributed by atoms with Gasteiger partial charge in [-0.15, -0.1) is 0 Å². The molecule has 6 rings (SSSR count). The van der Waals surface area contributed by atoms with Crippen molar-refractivity contribution in [2.24, 2.45) is 5.41 Å². The third-order valence-corrected chi connectivity index (χ3v) is 7.58. The minimum atomic E-state index is -1.31. The van der Waals surface area contributed by atoms with Gasteiger partial charge in [0, 0.05) is 35.1 Å². The second-order valence-corrected chi connectivity index (χ2v) is 10.7. The summed E-state index contributed by atoms with van der Waals surface area (Å²) < 4.78 is 45.3. The average molecular weight is 624 g/mol. The number of nitrogens with one attached hydrogen (secondary N) is 2. The van der Waals surface area contributed by atoms with E-state index in [0.29, 0.717) is 29.4 Å². The van der Waals surface area contributed by atoms with Gasteiger partial charge in [0.05, 0.1) is 12.6 Å². The van der Waals surface area contributed by atoms with Crippen molar-refractivity contribution in [1.82, 2.24) is 4.98 Å². The largest absolute Gasteiger partial charge is 0.488 e. The molecule has 2 amide bonds. The van der Waals surface area contributed by atoms with E-state index in [1.54, 1.807) is 6.07 Å². The molecule has 4 aromatic carbocycles. The molecular formula is C35H27F2N3O6. The number of carbonyl (C=O) groups is 3. The van der Waals surface area contributed by atoms with E-state index in [1.165, 1.54) is 61.8 Å². The van der Waals surface area contributed by atoms with Crippen LogP contribution in [0.25, 0.3) is 10.9 Å². The van der Waals surface area contributed by atoms with Crippen molar-refractivity contribution in [1.29, 1.82) is 0 Å². The van der Waals surface area contributed by atoms with Gasteiger partial charge in [0.1, 0.15) is 34.9 Å². The van der Waals surface area contributed by atoms with Gasteiger partial charge in [-0.1, -0.05) is 30.3 Å². The number of halogens is 2. The van der Waals surface area contributed by atoms with Crippen molar-refractivity contribution in [2.75, 3.05) is 17.7 Å². The summed E-state index contributed by atoms with van der Waals surface area (Å²) in [5.41, 5.74) is 0.654. The zero-order valence-electron chi connectivity index (χ0n) is 24.5. The Hall–Kier alpha value is -5.84. The van der Waals surface area contributed by atoms with Gasteiger partial charge in [-0.05, 0) is 66.9 Å². The minimum absolute atomic E-state index is 0.128. The highest BCUT2D eigenvalue weighted by molar-refractivity contribution is 6.17. The van der Waals surface area contributed by atoms with Crippen LogP contribution in [0.3, 0.4) is 0 Å². The molecule has 1 aliphatic carbocycles.